The van der Waals surface area contributed by atoms with Gasteiger partial charge in [0.2, 0.25) is 0 Å². The number of aryl methyl sites for hydroxylation is 1. The zero-order valence-electron chi connectivity index (χ0n) is 9.86. The molecule has 1 N–H and O–H groups in total. The van der Waals surface area contributed by atoms with Gasteiger partial charge in [-0.15, -0.1) is 0 Å². The van der Waals surface area contributed by atoms with Crippen molar-refractivity contribution in [3.8, 4) is 0 Å². The molecule has 0 saturated heterocycles. The van der Waals surface area contributed by atoms with Crippen LogP contribution in [0, 0.1) is 23.0 Å². The molecule has 0 saturated carbocycles. The maximum atomic E-state index is 10.5. The Morgan fingerprint density at radius 3 is 2.81 bits per heavy atom. The standard InChI is InChI=1S/C11H17N3O2/c1-4-8(2)6-12-11-9(3)5-10(7-13-11)14(15)16/h5,7-8H,4,6H2,1-3H3,(H,12,13). The number of pyridine rings is 1. The first kappa shape index (κ1) is 12.4. The van der Waals surface area contributed by atoms with Crippen LogP contribution >= 0.6 is 0 Å². The van der Waals surface area contributed by atoms with Crippen LogP contribution < -0.4 is 5.32 Å². The molecule has 0 amide bonds. The molecule has 5 nitrogen and oxygen atoms in total. The number of aromatic nitrogens is 1. The van der Waals surface area contributed by atoms with Crippen molar-refractivity contribution in [2.45, 2.75) is 27.2 Å². The van der Waals surface area contributed by atoms with E-state index < -0.39 is 4.92 Å². The lowest BCUT2D eigenvalue weighted by molar-refractivity contribution is -0.385. The third kappa shape index (κ3) is 3.18. The van der Waals surface area contributed by atoms with Crippen molar-refractivity contribution in [1.82, 2.24) is 4.98 Å². The average Bonchev–Trinajstić information content (AvgIpc) is 2.26. The van der Waals surface area contributed by atoms with Crippen LogP contribution in [-0.4, -0.2) is 16.5 Å². The number of rotatable bonds is 5. The Bertz CT molecular complexity index is 379. The van der Waals surface area contributed by atoms with Gasteiger partial charge in [0.15, 0.2) is 0 Å². The second-order valence-electron chi connectivity index (χ2n) is 4.01. The Morgan fingerprint density at radius 2 is 2.31 bits per heavy atom. The zero-order chi connectivity index (χ0) is 12.1. The highest BCUT2D eigenvalue weighted by Gasteiger charge is 2.09. The lowest BCUT2D eigenvalue weighted by atomic mass is 10.1. The number of nitrogens with one attached hydrogen (secondary N) is 1. The summed E-state index contributed by atoms with van der Waals surface area (Å²) in [5, 5.41) is 13.7. The van der Waals surface area contributed by atoms with E-state index in [0.717, 1.165) is 24.3 Å². The maximum absolute atomic E-state index is 10.5. The molecule has 1 atom stereocenters. The molecule has 1 unspecified atom stereocenters. The topological polar surface area (TPSA) is 68.1 Å². The average molecular weight is 223 g/mol. The van der Waals surface area contributed by atoms with E-state index in [0.29, 0.717) is 5.92 Å². The minimum atomic E-state index is -0.432. The number of nitrogens with zero attached hydrogens (tertiary/aromatic N) is 2. The summed E-state index contributed by atoms with van der Waals surface area (Å²) < 4.78 is 0. The van der Waals surface area contributed by atoms with Crippen molar-refractivity contribution < 1.29 is 4.92 Å². The van der Waals surface area contributed by atoms with Gasteiger partial charge in [0.05, 0.1) is 4.92 Å². The van der Waals surface area contributed by atoms with E-state index in [1.807, 2.05) is 6.92 Å². The van der Waals surface area contributed by atoms with Crippen molar-refractivity contribution in [3.05, 3.63) is 27.9 Å². The van der Waals surface area contributed by atoms with E-state index in [1.54, 1.807) is 0 Å². The molecule has 0 aliphatic rings. The van der Waals surface area contributed by atoms with Crippen LogP contribution in [0.2, 0.25) is 0 Å². The molecule has 0 aromatic carbocycles. The summed E-state index contributed by atoms with van der Waals surface area (Å²) in [5.74, 6) is 1.29. The Morgan fingerprint density at radius 1 is 1.62 bits per heavy atom. The molecule has 16 heavy (non-hydrogen) atoms. The smallest absolute Gasteiger partial charge is 0.287 e. The lowest BCUT2D eigenvalue weighted by Crippen LogP contribution is -2.12. The fourth-order valence-corrected chi connectivity index (χ4v) is 1.26. The van der Waals surface area contributed by atoms with Gasteiger partial charge in [-0.25, -0.2) is 4.98 Å². The first-order valence-electron chi connectivity index (χ1n) is 5.39. The van der Waals surface area contributed by atoms with E-state index in [2.05, 4.69) is 24.1 Å². The zero-order valence-corrected chi connectivity index (χ0v) is 9.86. The fraction of sp³-hybridized carbons (Fsp3) is 0.545. The second kappa shape index (κ2) is 5.44. The summed E-state index contributed by atoms with van der Waals surface area (Å²) in [7, 11) is 0. The maximum Gasteiger partial charge on any atom is 0.287 e. The highest BCUT2D eigenvalue weighted by molar-refractivity contribution is 5.48. The van der Waals surface area contributed by atoms with Crippen LogP contribution in [-0.2, 0) is 0 Å². The van der Waals surface area contributed by atoms with Crippen molar-refractivity contribution >= 4 is 11.5 Å². The van der Waals surface area contributed by atoms with Crippen molar-refractivity contribution in [2.24, 2.45) is 5.92 Å². The van der Waals surface area contributed by atoms with E-state index >= 15 is 0 Å². The van der Waals surface area contributed by atoms with Gasteiger partial charge in [0.25, 0.3) is 5.69 Å². The molecule has 1 rings (SSSR count). The summed E-state index contributed by atoms with van der Waals surface area (Å²) >= 11 is 0. The third-order valence-corrected chi connectivity index (χ3v) is 2.59. The number of hydrogen-bond donors (Lipinski definition) is 1. The van der Waals surface area contributed by atoms with Crippen LogP contribution in [0.4, 0.5) is 11.5 Å². The molecule has 0 aliphatic carbocycles. The van der Waals surface area contributed by atoms with Crippen LogP contribution in [0.25, 0.3) is 0 Å². The number of hydrogen-bond acceptors (Lipinski definition) is 4. The highest BCUT2D eigenvalue weighted by atomic mass is 16.6. The Labute approximate surface area is 95.0 Å². The molecule has 5 heteroatoms. The van der Waals surface area contributed by atoms with Gasteiger partial charge < -0.3 is 5.32 Å². The minimum absolute atomic E-state index is 0.0339. The number of anilines is 1. The molecule has 1 aromatic heterocycles. The van der Waals surface area contributed by atoms with Crippen molar-refractivity contribution in [2.75, 3.05) is 11.9 Å². The quantitative estimate of drug-likeness (QED) is 0.615. The van der Waals surface area contributed by atoms with Gasteiger partial charge in [-0.05, 0) is 18.4 Å². The molecule has 0 aliphatic heterocycles. The summed E-state index contributed by atoms with van der Waals surface area (Å²) in [6, 6.07) is 1.53. The van der Waals surface area contributed by atoms with Crippen LogP contribution in [0.15, 0.2) is 12.3 Å². The summed E-state index contributed by atoms with van der Waals surface area (Å²) in [4.78, 5) is 14.1. The van der Waals surface area contributed by atoms with E-state index in [1.165, 1.54) is 12.3 Å². The second-order valence-corrected chi connectivity index (χ2v) is 4.01. The first-order valence-corrected chi connectivity index (χ1v) is 5.39. The predicted molar refractivity (Wildman–Crippen MR) is 63.6 cm³/mol. The molecule has 1 aromatic rings. The van der Waals surface area contributed by atoms with Crippen LogP contribution in [0.1, 0.15) is 25.8 Å². The molecule has 1 heterocycles. The van der Waals surface area contributed by atoms with Crippen molar-refractivity contribution in [1.29, 1.82) is 0 Å². The normalized spacial score (nSPS) is 12.2. The molecular weight excluding hydrogens is 206 g/mol. The Hall–Kier alpha value is -1.65. The van der Waals surface area contributed by atoms with Gasteiger partial charge in [-0.2, -0.15) is 0 Å². The summed E-state index contributed by atoms with van der Waals surface area (Å²) in [6.07, 6.45) is 2.38. The summed E-state index contributed by atoms with van der Waals surface area (Å²) in [5.41, 5.74) is 0.837. The first-order chi connectivity index (χ1) is 7.54. The van der Waals surface area contributed by atoms with Crippen LogP contribution in [0.5, 0.6) is 0 Å². The summed E-state index contributed by atoms with van der Waals surface area (Å²) in [6.45, 7) is 6.93. The third-order valence-electron chi connectivity index (χ3n) is 2.59. The van der Waals surface area contributed by atoms with E-state index in [9.17, 15) is 10.1 Å². The van der Waals surface area contributed by atoms with E-state index in [4.69, 9.17) is 0 Å². The molecule has 88 valence electrons. The fourth-order valence-electron chi connectivity index (χ4n) is 1.26. The molecule has 0 spiro atoms. The Balaban J connectivity index is 2.72. The highest BCUT2D eigenvalue weighted by Crippen LogP contribution is 2.18. The molecule has 0 fully saturated rings. The predicted octanol–water partition coefficient (Wildman–Crippen LogP) is 2.76. The van der Waals surface area contributed by atoms with E-state index in [-0.39, 0.29) is 5.69 Å². The van der Waals surface area contributed by atoms with Gasteiger partial charge in [0, 0.05) is 12.6 Å². The van der Waals surface area contributed by atoms with Gasteiger partial charge in [-0.3, -0.25) is 10.1 Å². The Kier molecular flexibility index (Phi) is 4.22. The van der Waals surface area contributed by atoms with Gasteiger partial charge in [-0.1, -0.05) is 20.3 Å². The SMILES string of the molecule is CCC(C)CNc1ncc([N+](=O)[O-])cc1C. The minimum Gasteiger partial charge on any atom is -0.370 e. The van der Waals surface area contributed by atoms with Crippen molar-refractivity contribution in [3.63, 3.8) is 0 Å². The number of nitro groups is 1. The largest absolute Gasteiger partial charge is 0.370 e. The van der Waals surface area contributed by atoms with Gasteiger partial charge >= 0.3 is 0 Å². The lowest BCUT2D eigenvalue weighted by Gasteiger charge is -2.12. The monoisotopic (exact) mass is 223 g/mol. The molecule has 0 radical (unpaired) electrons. The van der Waals surface area contributed by atoms with Crippen LogP contribution in [0.3, 0.4) is 0 Å². The molecular formula is C11H17N3O2. The molecule has 0 bridgehead atoms. The van der Waals surface area contributed by atoms with Gasteiger partial charge in [0.1, 0.15) is 12.0 Å².